The number of amides is 1. The number of carbonyl (C=O) groups is 1. The molecule has 1 aromatic rings. The molecule has 0 radical (unpaired) electrons. The molecule has 1 amide bonds. The van der Waals surface area contributed by atoms with Gasteiger partial charge in [-0.3, -0.25) is 9.78 Å². The van der Waals surface area contributed by atoms with Gasteiger partial charge >= 0.3 is 0 Å². The van der Waals surface area contributed by atoms with Crippen LogP contribution in [0.3, 0.4) is 0 Å². The van der Waals surface area contributed by atoms with Gasteiger partial charge in [0, 0.05) is 24.5 Å². The second-order valence-electron chi connectivity index (χ2n) is 4.36. The lowest BCUT2D eigenvalue weighted by atomic mass is 9.99. The van der Waals surface area contributed by atoms with Crippen LogP contribution < -0.4 is 5.32 Å². The smallest absolute Gasteiger partial charge is 0.251 e. The zero-order chi connectivity index (χ0) is 12.5. The van der Waals surface area contributed by atoms with Crippen molar-refractivity contribution < 1.29 is 4.79 Å². The molecule has 1 rings (SSSR count). The molecule has 0 aliphatic rings. The topological polar surface area (TPSA) is 42.0 Å². The number of pyridine rings is 1. The van der Waals surface area contributed by atoms with Gasteiger partial charge in [0.25, 0.3) is 5.91 Å². The Balaban J connectivity index is 2.36. The zero-order valence-corrected chi connectivity index (χ0v) is 10.8. The van der Waals surface area contributed by atoms with Crippen LogP contribution in [0.5, 0.6) is 0 Å². The van der Waals surface area contributed by atoms with Crippen LogP contribution in [0.25, 0.3) is 0 Å². The normalized spacial score (nSPS) is 12.1. The summed E-state index contributed by atoms with van der Waals surface area (Å²) in [5.41, 5.74) is 0.686. The van der Waals surface area contributed by atoms with Crippen molar-refractivity contribution in [1.29, 1.82) is 0 Å². The third kappa shape index (κ3) is 4.98. The lowest BCUT2D eigenvalue weighted by Gasteiger charge is -2.15. The lowest BCUT2D eigenvalue weighted by molar-refractivity contribution is 0.0945. The summed E-state index contributed by atoms with van der Waals surface area (Å²) in [6.07, 6.45) is 8.06. The van der Waals surface area contributed by atoms with Gasteiger partial charge in [0.05, 0.1) is 0 Å². The summed E-state index contributed by atoms with van der Waals surface area (Å²) in [6, 6.07) is 3.48. The quantitative estimate of drug-likeness (QED) is 0.788. The van der Waals surface area contributed by atoms with Crippen molar-refractivity contribution in [2.75, 3.05) is 6.54 Å². The van der Waals surface area contributed by atoms with Crippen molar-refractivity contribution in [3.63, 3.8) is 0 Å². The fourth-order valence-electron chi connectivity index (χ4n) is 1.79. The maximum atomic E-state index is 11.8. The first kappa shape index (κ1) is 13.7. The summed E-state index contributed by atoms with van der Waals surface area (Å²) in [7, 11) is 0. The van der Waals surface area contributed by atoms with Crippen molar-refractivity contribution in [2.45, 2.75) is 39.5 Å². The molecule has 1 aromatic heterocycles. The fourth-order valence-corrected chi connectivity index (χ4v) is 1.79. The molecule has 0 fully saturated rings. The monoisotopic (exact) mass is 234 g/mol. The summed E-state index contributed by atoms with van der Waals surface area (Å²) < 4.78 is 0. The lowest BCUT2D eigenvalue weighted by Crippen LogP contribution is -2.29. The van der Waals surface area contributed by atoms with Crippen LogP contribution in [0.2, 0.25) is 0 Å². The van der Waals surface area contributed by atoms with Gasteiger partial charge in [0.1, 0.15) is 0 Å². The number of nitrogens with zero attached hydrogens (tertiary/aromatic N) is 1. The molecular weight excluding hydrogens is 212 g/mol. The average Bonchev–Trinajstić information content (AvgIpc) is 2.39. The van der Waals surface area contributed by atoms with E-state index in [2.05, 4.69) is 24.1 Å². The molecule has 0 aliphatic carbocycles. The number of nitrogens with one attached hydrogen (secondary N) is 1. The molecule has 1 unspecified atom stereocenters. The Bertz CT molecular complexity index is 324. The van der Waals surface area contributed by atoms with Crippen molar-refractivity contribution in [3.8, 4) is 0 Å². The van der Waals surface area contributed by atoms with Crippen LogP contribution >= 0.6 is 0 Å². The average molecular weight is 234 g/mol. The van der Waals surface area contributed by atoms with Gasteiger partial charge in [-0.2, -0.15) is 0 Å². The van der Waals surface area contributed by atoms with Crippen LogP contribution in [-0.4, -0.2) is 17.4 Å². The molecule has 0 spiro atoms. The molecule has 94 valence electrons. The van der Waals surface area contributed by atoms with Crippen molar-refractivity contribution in [3.05, 3.63) is 30.1 Å². The van der Waals surface area contributed by atoms with Crippen LogP contribution in [0.4, 0.5) is 0 Å². The number of unbranched alkanes of at least 4 members (excludes halogenated alkanes) is 1. The van der Waals surface area contributed by atoms with Crippen molar-refractivity contribution in [1.82, 2.24) is 10.3 Å². The third-order valence-electron chi connectivity index (χ3n) is 3.04. The van der Waals surface area contributed by atoms with E-state index in [-0.39, 0.29) is 5.91 Å². The predicted molar refractivity (Wildman–Crippen MR) is 69.9 cm³/mol. The van der Waals surface area contributed by atoms with Crippen LogP contribution in [0, 0.1) is 5.92 Å². The van der Waals surface area contributed by atoms with E-state index in [1.165, 1.54) is 19.3 Å². The molecule has 0 aromatic carbocycles. The van der Waals surface area contributed by atoms with Crippen LogP contribution in [0.15, 0.2) is 24.5 Å². The first-order valence-corrected chi connectivity index (χ1v) is 6.46. The highest BCUT2D eigenvalue weighted by molar-refractivity contribution is 5.93. The first-order valence-electron chi connectivity index (χ1n) is 6.46. The molecular formula is C14H22N2O. The Labute approximate surface area is 104 Å². The summed E-state index contributed by atoms with van der Waals surface area (Å²) in [4.78, 5) is 15.7. The molecule has 3 nitrogen and oxygen atoms in total. The van der Waals surface area contributed by atoms with Crippen LogP contribution in [-0.2, 0) is 0 Å². The van der Waals surface area contributed by atoms with E-state index < -0.39 is 0 Å². The summed E-state index contributed by atoms with van der Waals surface area (Å²) in [5, 5.41) is 2.99. The SMILES string of the molecule is CCCCC(CC)CNC(=O)c1ccncc1. The van der Waals surface area contributed by atoms with E-state index >= 15 is 0 Å². The van der Waals surface area contributed by atoms with E-state index in [0.717, 1.165) is 13.0 Å². The van der Waals surface area contributed by atoms with Gasteiger partial charge in [-0.1, -0.05) is 33.1 Å². The maximum Gasteiger partial charge on any atom is 0.251 e. The molecule has 0 saturated heterocycles. The van der Waals surface area contributed by atoms with Crippen molar-refractivity contribution >= 4 is 5.91 Å². The standard InChI is InChI=1S/C14H22N2O/c1-3-5-6-12(4-2)11-16-14(17)13-7-9-15-10-8-13/h7-10,12H,3-6,11H2,1-2H3,(H,16,17). The Hall–Kier alpha value is -1.38. The molecule has 0 saturated carbocycles. The fraction of sp³-hybridized carbons (Fsp3) is 0.571. The molecule has 17 heavy (non-hydrogen) atoms. The van der Waals surface area contributed by atoms with Gasteiger partial charge in [0.2, 0.25) is 0 Å². The number of hydrogen-bond acceptors (Lipinski definition) is 2. The van der Waals surface area contributed by atoms with Crippen LogP contribution in [0.1, 0.15) is 49.9 Å². The maximum absolute atomic E-state index is 11.8. The number of aromatic nitrogens is 1. The van der Waals surface area contributed by atoms with E-state index in [0.29, 0.717) is 11.5 Å². The highest BCUT2D eigenvalue weighted by Crippen LogP contribution is 2.11. The van der Waals surface area contributed by atoms with E-state index in [4.69, 9.17) is 0 Å². The second kappa shape index (κ2) is 7.82. The number of rotatable bonds is 7. The number of hydrogen-bond donors (Lipinski definition) is 1. The minimum absolute atomic E-state index is 0.00217. The minimum atomic E-state index is 0.00217. The Kier molecular flexibility index (Phi) is 6.30. The highest BCUT2D eigenvalue weighted by atomic mass is 16.1. The van der Waals surface area contributed by atoms with Gasteiger partial charge in [0.15, 0.2) is 0 Å². The Morgan fingerprint density at radius 2 is 2.06 bits per heavy atom. The third-order valence-corrected chi connectivity index (χ3v) is 3.04. The molecule has 1 heterocycles. The largest absolute Gasteiger partial charge is 0.352 e. The number of carbonyl (C=O) groups excluding carboxylic acids is 1. The van der Waals surface area contributed by atoms with Gasteiger partial charge in [-0.25, -0.2) is 0 Å². The summed E-state index contributed by atoms with van der Waals surface area (Å²) in [5.74, 6) is 0.600. The molecule has 0 bridgehead atoms. The van der Waals surface area contributed by atoms with E-state index in [9.17, 15) is 4.79 Å². The minimum Gasteiger partial charge on any atom is -0.352 e. The molecule has 1 atom stereocenters. The van der Waals surface area contributed by atoms with Gasteiger partial charge < -0.3 is 5.32 Å². The second-order valence-corrected chi connectivity index (χ2v) is 4.36. The predicted octanol–water partition coefficient (Wildman–Crippen LogP) is 3.03. The van der Waals surface area contributed by atoms with Gasteiger partial charge in [-0.15, -0.1) is 0 Å². The zero-order valence-electron chi connectivity index (χ0n) is 10.8. The Morgan fingerprint density at radius 3 is 2.65 bits per heavy atom. The molecule has 1 N–H and O–H groups in total. The van der Waals surface area contributed by atoms with Gasteiger partial charge in [-0.05, 0) is 24.5 Å². The Morgan fingerprint density at radius 1 is 1.35 bits per heavy atom. The highest BCUT2D eigenvalue weighted by Gasteiger charge is 2.09. The summed E-state index contributed by atoms with van der Waals surface area (Å²) >= 11 is 0. The van der Waals surface area contributed by atoms with Crippen molar-refractivity contribution in [2.24, 2.45) is 5.92 Å². The van der Waals surface area contributed by atoms with E-state index in [1.807, 2.05) is 0 Å². The molecule has 3 heteroatoms. The van der Waals surface area contributed by atoms with E-state index in [1.54, 1.807) is 24.5 Å². The molecule has 0 aliphatic heterocycles. The first-order chi connectivity index (χ1) is 8.27. The summed E-state index contributed by atoms with van der Waals surface area (Å²) in [6.45, 7) is 5.15.